The smallest absolute Gasteiger partial charge is 0.456 e. The summed E-state index contributed by atoms with van der Waals surface area (Å²) in [5.41, 5.74) is 0.392. The largest absolute Gasteiger partial charge is 0.586 e. The van der Waals surface area contributed by atoms with Gasteiger partial charge in [-0.1, -0.05) is 0 Å². The van der Waals surface area contributed by atoms with Crippen molar-refractivity contribution in [2.45, 2.75) is 19.1 Å². The predicted octanol–water partition coefficient (Wildman–Crippen LogP) is 3.29. The van der Waals surface area contributed by atoms with E-state index >= 15 is 0 Å². The quantitative estimate of drug-likeness (QED) is 0.558. The molecule has 1 amide bonds. The first-order chi connectivity index (χ1) is 13.7. The molecule has 0 atom stereocenters. The Morgan fingerprint density at radius 2 is 1.66 bits per heavy atom. The van der Waals surface area contributed by atoms with Gasteiger partial charge in [-0.2, -0.15) is 0 Å². The highest BCUT2D eigenvalue weighted by Gasteiger charge is 2.43. The van der Waals surface area contributed by atoms with Crippen LogP contribution < -0.4 is 14.8 Å². The molecule has 0 spiro atoms. The molecular formula is C19H14F3NO6. The lowest BCUT2D eigenvalue weighted by Crippen LogP contribution is -2.25. The number of benzene rings is 2. The molecule has 152 valence electrons. The van der Waals surface area contributed by atoms with Gasteiger partial charge in [-0.15, -0.1) is 8.78 Å². The van der Waals surface area contributed by atoms with Gasteiger partial charge in [0.25, 0.3) is 5.91 Å². The van der Waals surface area contributed by atoms with Crippen molar-refractivity contribution in [2.24, 2.45) is 0 Å². The van der Waals surface area contributed by atoms with Crippen LogP contribution in [-0.2, 0) is 14.3 Å². The van der Waals surface area contributed by atoms with E-state index in [1.54, 1.807) is 0 Å². The minimum atomic E-state index is -3.77. The lowest BCUT2D eigenvalue weighted by molar-refractivity contribution is -0.286. The maximum atomic E-state index is 13.0. The summed E-state index contributed by atoms with van der Waals surface area (Å²) in [6, 6.07) is 8.51. The predicted molar refractivity (Wildman–Crippen MR) is 92.2 cm³/mol. The van der Waals surface area contributed by atoms with Crippen molar-refractivity contribution in [1.82, 2.24) is 0 Å². The van der Waals surface area contributed by atoms with Gasteiger partial charge in [-0.25, -0.2) is 4.39 Å². The zero-order valence-electron chi connectivity index (χ0n) is 14.7. The summed E-state index contributed by atoms with van der Waals surface area (Å²) in [6.45, 7) is -0.631. The molecule has 29 heavy (non-hydrogen) atoms. The molecule has 0 radical (unpaired) electrons. The van der Waals surface area contributed by atoms with Gasteiger partial charge >= 0.3 is 12.3 Å². The fourth-order valence-electron chi connectivity index (χ4n) is 2.44. The van der Waals surface area contributed by atoms with E-state index in [0.29, 0.717) is 0 Å². The number of halogens is 3. The molecule has 1 aliphatic rings. The first-order valence-corrected chi connectivity index (χ1v) is 8.36. The molecule has 2 aromatic carbocycles. The molecule has 1 N–H and O–H groups in total. The van der Waals surface area contributed by atoms with Gasteiger partial charge in [-0.3, -0.25) is 14.4 Å². The third-order valence-electron chi connectivity index (χ3n) is 3.77. The van der Waals surface area contributed by atoms with Crippen LogP contribution in [0.15, 0.2) is 42.5 Å². The number of ketones is 1. The van der Waals surface area contributed by atoms with Crippen LogP contribution in [0.4, 0.5) is 18.9 Å². The zero-order valence-corrected chi connectivity index (χ0v) is 14.7. The van der Waals surface area contributed by atoms with Crippen LogP contribution >= 0.6 is 0 Å². The summed E-state index contributed by atoms with van der Waals surface area (Å²) in [5, 5.41) is 2.35. The molecule has 3 rings (SSSR count). The normalized spacial score (nSPS) is 13.6. The summed E-state index contributed by atoms with van der Waals surface area (Å²) in [5.74, 6) is -2.77. The standard InChI is InChI=1S/C19H14F3NO6/c20-12-3-1-11(2-4-12)14(24)6-8-18(26)27-10-17(25)23-13-5-7-15-16(9-13)29-19(21,22)28-15/h1-5,7,9H,6,8,10H2,(H,23,25). The summed E-state index contributed by atoms with van der Waals surface area (Å²) in [7, 11) is 0. The van der Waals surface area contributed by atoms with Crippen LogP contribution in [0, 0.1) is 5.82 Å². The number of rotatable bonds is 7. The molecule has 1 heterocycles. The van der Waals surface area contributed by atoms with Crippen LogP contribution in [-0.4, -0.2) is 30.6 Å². The molecule has 10 heteroatoms. The summed E-state index contributed by atoms with van der Waals surface area (Å²) >= 11 is 0. The number of carbonyl (C=O) groups excluding carboxylic acids is 3. The number of alkyl halides is 2. The van der Waals surface area contributed by atoms with E-state index in [9.17, 15) is 27.6 Å². The van der Waals surface area contributed by atoms with E-state index < -0.39 is 30.6 Å². The Balaban J connectivity index is 1.42. The SMILES string of the molecule is O=C(COC(=O)CCC(=O)c1ccc(F)cc1)Nc1ccc2c(c1)OC(F)(F)O2. The van der Waals surface area contributed by atoms with E-state index in [4.69, 9.17) is 4.74 Å². The maximum Gasteiger partial charge on any atom is 0.586 e. The maximum absolute atomic E-state index is 13.0. The lowest BCUT2D eigenvalue weighted by atomic mass is 10.1. The van der Waals surface area contributed by atoms with E-state index in [1.807, 2.05) is 0 Å². The minimum absolute atomic E-state index is 0.137. The van der Waals surface area contributed by atoms with E-state index in [1.165, 1.54) is 24.3 Å². The van der Waals surface area contributed by atoms with Gasteiger partial charge in [-0.05, 0) is 36.4 Å². The van der Waals surface area contributed by atoms with Crippen molar-refractivity contribution in [1.29, 1.82) is 0 Å². The third kappa shape index (κ3) is 5.47. The van der Waals surface area contributed by atoms with E-state index in [0.717, 1.165) is 18.2 Å². The number of ether oxygens (including phenoxy) is 3. The van der Waals surface area contributed by atoms with Crippen LogP contribution in [0.3, 0.4) is 0 Å². The number of nitrogens with one attached hydrogen (secondary N) is 1. The molecule has 0 unspecified atom stereocenters. The number of carbonyl (C=O) groups is 3. The number of esters is 1. The van der Waals surface area contributed by atoms with Crippen molar-refractivity contribution in [3.63, 3.8) is 0 Å². The average molecular weight is 409 g/mol. The van der Waals surface area contributed by atoms with Crippen LogP contribution in [0.25, 0.3) is 0 Å². The molecule has 0 saturated heterocycles. The summed E-state index contributed by atoms with van der Waals surface area (Å²) in [6.07, 6.45) is -4.20. The highest BCUT2D eigenvalue weighted by Crippen LogP contribution is 2.42. The highest BCUT2D eigenvalue weighted by molar-refractivity contribution is 5.98. The first-order valence-electron chi connectivity index (χ1n) is 8.36. The number of Topliss-reactive ketones (excluding diaryl/α,β-unsaturated/α-hetero) is 1. The second-order valence-electron chi connectivity index (χ2n) is 5.97. The third-order valence-corrected chi connectivity index (χ3v) is 3.77. The van der Waals surface area contributed by atoms with Gasteiger partial charge in [0.15, 0.2) is 23.9 Å². The van der Waals surface area contributed by atoms with Crippen molar-refractivity contribution in [3.8, 4) is 11.5 Å². The highest BCUT2D eigenvalue weighted by atomic mass is 19.3. The topological polar surface area (TPSA) is 90.9 Å². The molecule has 0 fully saturated rings. The number of fused-ring (bicyclic) bond motifs is 1. The van der Waals surface area contributed by atoms with Crippen molar-refractivity contribution >= 4 is 23.3 Å². The number of amides is 1. The summed E-state index contributed by atoms with van der Waals surface area (Å²) < 4.78 is 52.0. The Morgan fingerprint density at radius 1 is 0.966 bits per heavy atom. The molecule has 0 aromatic heterocycles. The average Bonchev–Trinajstić information content (AvgIpc) is 2.98. The molecule has 1 aliphatic heterocycles. The lowest BCUT2D eigenvalue weighted by Gasteiger charge is -2.07. The molecule has 0 saturated carbocycles. The second-order valence-corrected chi connectivity index (χ2v) is 5.97. The number of hydrogen-bond donors (Lipinski definition) is 1. The van der Waals surface area contributed by atoms with Gasteiger partial charge in [0.2, 0.25) is 0 Å². The monoisotopic (exact) mass is 409 g/mol. The Hall–Kier alpha value is -3.56. The van der Waals surface area contributed by atoms with Crippen molar-refractivity contribution in [2.75, 3.05) is 11.9 Å². The van der Waals surface area contributed by atoms with Crippen LogP contribution in [0.5, 0.6) is 11.5 Å². The molecule has 2 aromatic rings. The van der Waals surface area contributed by atoms with Gasteiger partial charge in [0, 0.05) is 23.7 Å². The Bertz CT molecular complexity index is 945. The second kappa shape index (κ2) is 8.21. The molecule has 7 nitrogen and oxygen atoms in total. The van der Waals surface area contributed by atoms with Gasteiger partial charge in [0.1, 0.15) is 5.82 Å². The Labute approximate surface area is 162 Å². The van der Waals surface area contributed by atoms with Crippen LogP contribution in [0.2, 0.25) is 0 Å². The van der Waals surface area contributed by atoms with Gasteiger partial charge in [0.05, 0.1) is 6.42 Å². The number of anilines is 1. The van der Waals surface area contributed by atoms with Gasteiger partial charge < -0.3 is 19.5 Å². The Morgan fingerprint density at radius 3 is 2.38 bits per heavy atom. The molecule has 0 bridgehead atoms. The fourth-order valence-corrected chi connectivity index (χ4v) is 2.44. The Kier molecular flexibility index (Phi) is 5.71. The first kappa shape index (κ1) is 20.2. The van der Waals surface area contributed by atoms with Crippen molar-refractivity contribution < 1.29 is 41.8 Å². The fraction of sp³-hybridized carbons (Fsp3) is 0.211. The van der Waals surface area contributed by atoms with Crippen LogP contribution in [0.1, 0.15) is 23.2 Å². The van der Waals surface area contributed by atoms with E-state index in [-0.39, 0.29) is 41.4 Å². The minimum Gasteiger partial charge on any atom is -0.456 e. The van der Waals surface area contributed by atoms with Crippen molar-refractivity contribution in [3.05, 3.63) is 53.8 Å². The summed E-state index contributed by atoms with van der Waals surface area (Å²) in [4.78, 5) is 35.4. The molecule has 0 aliphatic carbocycles. The van der Waals surface area contributed by atoms with E-state index in [2.05, 4.69) is 14.8 Å². The molecular weight excluding hydrogens is 395 g/mol. The zero-order chi connectivity index (χ0) is 21.0. The number of hydrogen-bond acceptors (Lipinski definition) is 6.